The lowest BCUT2D eigenvalue weighted by atomic mass is 9.86. The molecule has 2 amide bonds. The van der Waals surface area contributed by atoms with Gasteiger partial charge in [-0.3, -0.25) is 14.4 Å². The number of benzene rings is 1. The fourth-order valence-corrected chi connectivity index (χ4v) is 5.18. The van der Waals surface area contributed by atoms with Crippen LogP contribution in [-0.2, 0) is 20.9 Å². The molecule has 0 heterocycles. The van der Waals surface area contributed by atoms with Gasteiger partial charge in [-0.25, -0.2) is 0 Å². The predicted molar refractivity (Wildman–Crippen MR) is 133 cm³/mol. The predicted octanol–water partition coefficient (Wildman–Crippen LogP) is 4.44. The van der Waals surface area contributed by atoms with Gasteiger partial charge in [-0.2, -0.15) is 0 Å². The Bertz CT molecular complexity index is 977. The van der Waals surface area contributed by atoms with E-state index in [-0.39, 0.29) is 41.1 Å². The molecule has 0 spiro atoms. The zero-order valence-corrected chi connectivity index (χ0v) is 20.8. The highest BCUT2D eigenvalue weighted by atomic mass is 16.3. The van der Waals surface area contributed by atoms with Gasteiger partial charge in [-0.15, -0.1) is 0 Å². The van der Waals surface area contributed by atoms with E-state index in [9.17, 15) is 19.5 Å². The molecule has 0 aromatic heterocycles. The van der Waals surface area contributed by atoms with Gasteiger partial charge in [0.05, 0.1) is 0 Å². The van der Waals surface area contributed by atoms with Crippen LogP contribution in [0.15, 0.2) is 47.6 Å². The van der Waals surface area contributed by atoms with Crippen molar-refractivity contribution < 1.29 is 19.5 Å². The summed E-state index contributed by atoms with van der Waals surface area (Å²) in [6.07, 6.45) is 3.61. The lowest BCUT2D eigenvalue weighted by Gasteiger charge is -2.23. The van der Waals surface area contributed by atoms with E-state index in [2.05, 4.69) is 24.1 Å². The topological polar surface area (TPSA) is 95.5 Å². The quantitative estimate of drug-likeness (QED) is 0.494. The van der Waals surface area contributed by atoms with Crippen molar-refractivity contribution in [2.75, 3.05) is 0 Å². The van der Waals surface area contributed by atoms with Crippen LogP contribution >= 0.6 is 0 Å². The minimum Gasteiger partial charge on any atom is -0.508 e. The molecule has 3 rings (SSSR count). The number of phenolic OH excluding ortho intramolecular Hbond substituents is 1. The summed E-state index contributed by atoms with van der Waals surface area (Å²) in [7, 11) is 0. The number of Topliss-reactive ketones (excluding diaryl/α,β-unsaturated/α-hetero) is 1. The first kappa shape index (κ1) is 25.7. The van der Waals surface area contributed by atoms with E-state index in [1.165, 1.54) is 5.57 Å². The fourth-order valence-electron chi connectivity index (χ4n) is 5.18. The monoisotopic (exact) mass is 466 g/mol. The zero-order chi connectivity index (χ0) is 25.0. The van der Waals surface area contributed by atoms with Gasteiger partial charge in [0, 0.05) is 18.5 Å². The first-order valence-corrected chi connectivity index (χ1v) is 12.3. The van der Waals surface area contributed by atoms with E-state index in [4.69, 9.17) is 0 Å². The maximum atomic E-state index is 13.2. The van der Waals surface area contributed by atoms with E-state index in [0.717, 1.165) is 24.0 Å². The van der Waals surface area contributed by atoms with Crippen LogP contribution in [0.5, 0.6) is 5.75 Å². The molecule has 6 nitrogen and oxygen atoms in total. The Morgan fingerprint density at radius 1 is 1.15 bits per heavy atom. The lowest BCUT2D eigenvalue weighted by Crippen LogP contribution is -2.48. The van der Waals surface area contributed by atoms with Gasteiger partial charge >= 0.3 is 0 Å². The lowest BCUT2D eigenvalue weighted by molar-refractivity contribution is -0.128. The second-order valence-electron chi connectivity index (χ2n) is 10.4. The van der Waals surface area contributed by atoms with Crippen LogP contribution in [0.3, 0.4) is 0 Å². The molecule has 0 bridgehead atoms. The molecule has 4 atom stereocenters. The third-order valence-corrected chi connectivity index (χ3v) is 7.39. The van der Waals surface area contributed by atoms with Crippen molar-refractivity contribution in [3.63, 3.8) is 0 Å². The summed E-state index contributed by atoms with van der Waals surface area (Å²) in [6, 6.07) is 5.99. The van der Waals surface area contributed by atoms with Crippen molar-refractivity contribution in [3.05, 3.63) is 53.1 Å². The van der Waals surface area contributed by atoms with Crippen molar-refractivity contribution in [2.45, 2.75) is 72.4 Å². The largest absolute Gasteiger partial charge is 0.508 e. The normalized spacial score (nSPS) is 23.3. The summed E-state index contributed by atoms with van der Waals surface area (Å²) >= 11 is 0. The zero-order valence-electron chi connectivity index (χ0n) is 20.8. The molecular weight excluding hydrogens is 428 g/mol. The minimum absolute atomic E-state index is 0.0249. The SMILES string of the molecule is C=C(C(=O)N[C@H](CC(C)C)C(=O)NCc1ccc(O)cc1)[C@H]1CCC(C)C2CC(=O)C(C)=C2C1. The third kappa shape index (κ3) is 6.16. The average molecular weight is 467 g/mol. The van der Waals surface area contributed by atoms with Gasteiger partial charge in [0.25, 0.3) is 0 Å². The number of ketones is 1. The smallest absolute Gasteiger partial charge is 0.247 e. The van der Waals surface area contributed by atoms with E-state index >= 15 is 0 Å². The van der Waals surface area contributed by atoms with Gasteiger partial charge in [0.15, 0.2) is 5.78 Å². The Morgan fingerprint density at radius 3 is 2.47 bits per heavy atom. The number of allylic oxidation sites excluding steroid dienone is 2. The van der Waals surface area contributed by atoms with E-state index in [1.807, 2.05) is 20.8 Å². The Morgan fingerprint density at radius 2 is 1.82 bits per heavy atom. The van der Waals surface area contributed by atoms with Crippen LogP contribution in [0.2, 0.25) is 0 Å². The molecule has 2 aliphatic rings. The second-order valence-corrected chi connectivity index (χ2v) is 10.4. The molecule has 3 N–H and O–H groups in total. The molecular formula is C28H38N2O4. The van der Waals surface area contributed by atoms with Crippen molar-refractivity contribution in [3.8, 4) is 5.75 Å². The number of hydrogen-bond acceptors (Lipinski definition) is 4. The number of phenols is 1. The summed E-state index contributed by atoms with van der Waals surface area (Å²) in [5.74, 6) is 0.763. The third-order valence-electron chi connectivity index (χ3n) is 7.39. The Balaban J connectivity index is 1.66. The molecule has 34 heavy (non-hydrogen) atoms. The highest BCUT2D eigenvalue weighted by molar-refractivity contribution is 5.99. The van der Waals surface area contributed by atoms with Gasteiger partial charge < -0.3 is 15.7 Å². The Kier molecular flexibility index (Phi) is 8.34. The first-order valence-electron chi connectivity index (χ1n) is 12.3. The summed E-state index contributed by atoms with van der Waals surface area (Å²) in [4.78, 5) is 38.4. The van der Waals surface area contributed by atoms with Crippen LogP contribution in [0.1, 0.15) is 65.4 Å². The number of rotatable bonds is 8. The summed E-state index contributed by atoms with van der Waals surface area (Å²) in [5, 5.41) is 15.3. The highest BCUT2D eigenvalue weighted by Crippen LogP contribution is 2.45. The van der Waals surface area contributed by atoms with E-state index in [0.29, 0.717) is 37.3 Å². The maximum Gasteiger partial charge on any atom is 0.247 e. The number of hydrogen-bond donors (Lipinski definition) is 3. The number of carbonyl (C=O) groups is 3. The van der Waals surface area contributed by atoms with E-state index in [1.54, 1.807) is 24.3 Å². The minimum atomic E-state index is -0.659. The molecule has 1 saturated carbocycles. The first-order chi connectivity index (χ1) is 16.1. The summed E-state index contributed by atoms with van der Waals surface area (Å²) in [5.41, 5.74) is 3.41. The molecule has 1 aromatic carbocycles. The molecule has 184 valence electrons. The highest BCUT2D eigenvalue weighted by Gasteiger charge is 2.38. The summed E-state index contributed by atoms with van der Waals surface area (Å²) in [6.45, 7) is 12.6. The molecule has 2 aliphatic carbocycles. The summed E-state index contributed by atoms with van der Waals surface area (Å²) < 4.78 is 0. The molecule has 1 fully saturated rings. The van der Waals surface area contributed by atoms with Crippen LogP contribution in [-0.4, -0.2) is 28.7 Å². The van der Waals surface area contributed by atoms with Gasteiger partial charge in [-0.1, -0.05) is 45.1 Å². The number of fused-ring (bicyclic) bond motifs is 1. The number of nitrogens with one attached hydrogen (secondary N) is 2. The second kappa shape index (κ2) is 11.0. The van der Waals surface area contributed by atoms with Crippen LogP contribution in [0, 0.1) is 23.7 Å². The average Bonchev–Trinajstić information content (AvgIpc) is 2.97. The molecule has 0 radical (unpaired) electrons. The molecule has 1 aromatic rings. The maximum absolute atomic E-state index is 13.2. The van der Waals surface area contributed by atoms with Crippen LogP contribution in [0.25, 0.3) is 0 Å². The van der Waals surface area contributed by atoms with Gasteiger partial charge in [0.2, 0.25) is 11.8 Å². The molecule has 0 aliphatic heterocycles. The van der Waals surface area contributed by atoms with E-state index < -0.39 is 6.04 Å². The van der Waals surface area contributed by atoms with Gasteiger partial charge in [0.1, 0.15) is 11.8 Å². The standard InChI is InChI=1S/C28H38N2O4/c1-16(2)12-25(28(34)29-15-20-7-10-22(31)11-8-20)30-27(33)18(4)21-9-6-17(3)23-14-26(32)19(5)24(23)13-21/h7-8,10-11,16-17,21,23,25,31H,4,6,9,12-15H2,1-3,5H3,(H,29,34)(H,30,33)/t17?,21-,23?,25+/m0/s1. The number of carbonyl (C=O) groups excluding carboxylic acids is 3. The number of amides is 2. The molecule has 6 heteroatoms. The number of aromatic hydroxyl groups is 1. The van der Waals surface area contributed by atoms with Crippen LogP contribution < -0.4 is 10.6 Å². The van der Waals surface area contributed by atoms with Crippen molar-refractivity contribution in [1.29, 1.82) is 0 Å². The molecule has 0 saturated heterocycles. The van der Waals surface area contributed by atoms with Crippen molar-refractivity contribution in [1.82, 2.24) is 10.6 Å². The van der Waals surface area contributed by atoms with Crippen molar-refractivity contribution in [2.24, 2.45) is 23.7 Å². The Hall–Kier alpha value is -2.89. The van der Waals surface area contributed by atoms with Gasteiger partial charge in [-0.05, 0) is 79.5 Å². The molecule has 2 unspecified atom stereocenters. The van der Waals surface area contributed by atoms with Crippen molar-refractivity contribution >= 4 is 17.6 Å². The Labute approximate surface area is 202 Å². The fraction of sp³-hybridized carbons (Fsp3) is 0.536. The van der Waals surface area contributed by atoms with Crippen LogP contribution in [0.4, 0.5) is 0 Å².